The monoisotopic (exact) mass is 1460 g/mol. The summed E-state index contributed by atoms with van der Waals surface area (Å²) in [6.45, 7) is 19.5. The zero-order valence-electron chi connectivity index (χ0n) is 61.1. The maximum atomic E-state index is 14.7. The number of ether oxygens (including phenoxy) is 1. The fourth-order valence-electron chi connectivity index (χ4n) is 14.0. The highest BCUT2D eigenvalue weighted by Crippen LogP contribution is 2.35. The number of morpholine rings is 1. The van der Waals surface area contributed by atoms with E-state index in [0.29, 0.717) is 117 Å². The molecule has 6 heterocycles. The van der Waals surface area contributed by atoms with Gasteiger partial charge in [0.25, 0.3) is 23.6 Å². The first kappa shape index (κ1) is 79.8. The Morgan fingerprint density at radius 2 is 0.827 bits per heavy atom. The van der Waals surface area contributed by atoms with Crippen LogP contribution in [0.15, 0.2) is 155 Å². The number of aliphatic hydroxyl groups is 2. The van der Waals surface area contributed by atoms with E-state index in [-0.39, 0.29) is 59.9 Å². The maximum Gasteiger partial charge on any atom is 0.274 e. The molecule has 2 unspecified atom stereocenters. The molecule has 23 heteroatoms. The number of piperidine rings is 1. The summed E-state index contributed by atoms with van der Waals surface area (Å²) in [5.74, 6) is -0.636. The molecule has 0 spiro atoms. The van der Waals surface area contributed by atoms with Crippen LogP contribution in [0.2, 0.25) is 0 Å². The van der Waals surface area contributed by atoms with Crippen LogP contribution in [0.25, 0.3) is 33.6 Å². The van der Waals surface area contributed by atoms with Crippen LogP contribution < -0.4 is 0 Å². The van der Waals surface area contributed by atoms with Crippen molar-refractivity contribution in [1.29, 1.82) is 0 Å². The topological polar surface area (TPSA) is 270 Å². The minimum Gasteiger partial charge on any atom is -0.412 e. The normalized spacial score (nSPS) is 16.5. The molecule has 4 amide bonds. The van der Waals surface area contributed by atoms with Crippen molar-refractivity contribution in [3.63, 3.8) is 0 Å². The third-order valence-corrected chi connectivity index (χ3v) is 23.0. The Hall–Kier alpha value is -8.36. The highest BCUT2D eigenvalue weighted by atomic mass is 32.2. The van der Waals surface area contributed by atoms with Gasteiger partial charge in [-0.3, -0.25) is 19.2 Å². The molecule has 8 aromatic rings. The Kier molecular flexibility index (Phi) is 29.2. The molecule has 6 aromatic carbocycles. The lowest BCUT2D eigenvalue weighted by atomic mass is 9.93. The highest BCUT2D eigenvalue weighted by Gasteiger charge is 2.35. The van der Waals surface area contributed by atoms with Crippen LogP contribution in [-0.4, -0.2) is 192 Å². The summed E-state index contributed by atoms with van der Waals surface area (Å²) in [5, 5.41) is 30.6. The first-order valence-corrected chi connectivity index (χ1v) is 39.0. The van der Waals surface area contributed by atoms with Crippen LogP contribution in [0, 0.1) is 13.8 Å². The number of nitrogens with zero attached hydrogens (tertiary/aromatic N) is 10. The third kappa shape index (κ3) is 18.6. The van der Waals surface area contributed by atoms with E-state index < -0.39 is 22.0 Å². The van der Waals surface area contributed by atoms with Crippen molar-refractivity contribution in [1.82, 2.24) is 47.8 Å². The molecular formula is C81H104N10O11S2. The van der Waals surface area contributed by atoms with Gasteiger partial charge in [0, 0.05) is 76.8 Å². The highest BCUT2D eigenvalue weighted by molar-refractivity contribution is 7.83. The Morgan fingerprint density at radius 1 is 0.471 bits per heavy atom. The van der Waals surface area contributed by atoms with Gasteiger partial charge in [0.15, 0.2) is 11.4 Å². The predicted molar refractivity (Wildman–Crippen MR) is 409 cm³/mol. The van der Waals surface area contributed by atoms with Crippen molar-refractivity contribution in [3.05, 3.63) is 202 Å². The van der Waals surface area contributed by atoms with Crippen molar-refractivity contribution in [2.75, 3.05) is 78.8 Å². The predicted octanol–water partition coefficient (Wildman–Crippen LogP) is 11.1. The molecule has 12 rings (SSSR count). The largest absolute Gasteiger partial charge is 0.412 e. The van der Waals surface area contributed by atoms with Gasteiger partial charge in [-0.1, -0.05) is 145 Å². The number of carbonyl (C=O) groups excluding carboxylic acids is 4. The van der Waals surface area contributed by atoms with Gasteiger partial charge in [-0.25, -0.2) is 26.4 Å². The summed E-state index contributed by atoms with van der Waals surface area (Å²) in [5.41, 5.74) is 12.0. The number of benzene rings is 6. The fraction of sp³-hybridized carbons (Fsp3) is 0.432. The quantitative estimate of drug-likeness (QED) is 0.0514. The van der Waals surface area contributed by atoms with Crippen molar-refractivity contribution in [2.45, 2.75) is 160 Å². The van der Waals surface area contributed by atoms with Crippen LogP contribution in [0.1, 0.15) is 174 Å². The van der Waals surface area contributed by atoms with Crippen LogP contribution in [-0.2, 0) is 52.6 Å². The summed E-state index contributed by atoms with van der Waals surface area (Å²) < 4.78 is 39.3. The number of hydrogen-bond acceptors (Lipinski definition) is 11. The van der Waals surface area contributed by atoms with E-state index >= 15 is 0 Å². The van der Waals surface area contributed by atoms with Gasteiger partial charge >= 0.3 is 0 Å². The van der Waals surface area contributed by atoms with Gasteiger partial charge in [-0.05, 0) is 170 Å². The minimum absolute atomic E-state index is 0. The van der Waals surface area contributed by atoms with Gasteiger partial charge in [-0.15, -0.1) is 0 Å². The van der Waals surface area contributed by atoms with E-state index in [1.54, 1.807) is 25.2 Å². The van der Waals surface area contributed by atoms with Crippen LogP contribution in [0.4, 0.5) is 0 Å². The molecule has 4 aliphatic rings. The molecule has 2 fully saturated rings. The smallest absolute Gasteiger partial charge is 0.274 e. The Balaban J connectivity index is 0.000000237. The average Bonchev–Trinajstić information content (AvgIpc) is 1.36. The number of hydrogen-bond donors (Lipinski definition) is 2. The number of unbranched alkanes of at least 4 members (excludes halogenated alkanes) is 4. The number of fused-ring (bicyclic) bond motifs is 2. The van der Waals surface area contributed by atoms with E-state index in [2.05, 4.69) is 39.8 Å². The van der Waals surface area contributed by atoms with Gasteiger partial charge in [0.1, 0.15) is 22.0 Å². The molecule has 0 saturated carbocycles. The average molecular weight is 1460 g/mol. The maximum absolute atomic E-state index is 14.7. The molecule has 2 aromatic heterocycles. The summed E-state index contributed by atoms with van der Waals surface area (Å²) in [7, 11) is -2.49. The molecule has 4 atom stereocenters. The second-order valence-corrected chi connectivity index (χ2v) is 30.2. The standard InChI is InChI=1S/C41H51N5O4S.C40H49N5O5S.2H2O/c1-4-6-21-43(22-7-5-2)41(49)38-25-30(3)46(42-38)39-20-17-33(31-15-18-36(19-16-31)51(50)44-23-11-8-12-24-44)27-37(39)40(48)45-28-34-14-10-9-13-32(34)26-35(45)29-47;1-4-6-18-42(19-7-5-2)40(48)37-24-29(3)45(41-37)38-17-14-32(30-12-15-35(16-13-30)51(49)43-20-22-50-23-21-43)26-36(38)39(47)44-27-33-11-9-8-10-31(33)25-34(44)28-46;;/h9-10,13-20,25,27,35,47H,4-8,11-12,21-24,26,28-29H2,1-3H3;8-17,24,26,34,46H,4-7,18-23,25,27-28H2,1-3H3;2*1H2/t35-,51?;34-,51?;;/m00../s1. The number of rotatable bonds is 26. The Bertz CT molecular complexity index is 3960. The molecule has 2 saturated heterocycles. The second-order valence-electron chi connectivity index (χ2n) is 27.2. The Morgan fingerprint density at radius 3 is 1.19 bits per heavy atom. The van der Waals surface area contributed by atoms with Crippen molar-refractivity contribution in [3.8, 4) is 33.6 Å². The lowest BCUT2D eigenvalue weighted by Crippen LogP contribution is -2.46. The molecule has 104 heavy (non-hydrogen) atoms. The number of amides is 4. The first-order chi connectivity index (χ1) is 49.6. The first-order valence-electron chi connectivity index (χ1n) is 36.8. The van der Waals surface area contributed by atoms with Gasteiger partial charge in [0.2, 0.25) is 0 Å². The van der Waals surface area contributed by atoms with E-state index in [9.17, 15) is 37.8 Å². The third-order valence-electron chi connectivity index (χ3n) is 20.0. The summed E-state index contributed by atoms with van der Waals surface area (Å²) >= 11 is 0. The fourth-order valence-corrected chi connectivity index (χ4v) is 16.4. The molecular weight excluding hydrogens is 1350 g/mol. The summed E-state index contributed by atoms with van der Waals surface area (Å²) in [4.78, 5) is 65.7. The van der Waals surface area contributed by atoms with Crippen molar-refractivity contribution < 1.29 is 53.5 Å². The molecule has 556 valence electrons. The van der Waals surface area contributed by atoms with Gasteiger partial charge < -0.3 is 45.5 Å². The zero-order valence-corrected chi connectivity index (χ0v) is 62.8. The molecule has 21 nitrogen and oxygen atoms in total. The van der Waals surface area contributed by atoms with Crippen molar-refractivity contribution in [2.24, 2.45) is 0 Å². The van der Waals surface area contributed by atoms with Crippen LogP contribution >= 0.6 is 0 Å². The molecule has 0 aliphatic carbocycles. The van der Waals surface area contributed by atoms with E-state index in [4.69, 9.17) is 14.9 Å². The number of aromatic nitrogens is 4. The SMILES string of the molecule is CCCCN(CCCC)C(=O)c1cc(C)n(-c2ccc(-c3ccc(S(=O)N4CCCCC4)cc3)cc2C(=O)N2Cc3ccccc3C[C@H]2CO)n1.CCCCN(CCCC)C(=O)c1cc(C)n(-c2ccc(-c3ccc(S(=O)N4CCOCC4)cc3)cc2C(=O)N2Cc3ccccc3C[C@H]2CO)n1.O.O. The van der Waals surface area contributed by atoms with Crippen LogP contribution in [0.3, 0.4) is 0 Å². The number of aliphatic hydroxyl groups excluding tert-OH is 2. The van der Waals surface area contributed by atoms with Gasteiger partial charge in [0.05, 0.1) is 70.8 Å². The Labute approximate surface area is 617 Å². The molecule has 0 bridgehead atoms. The lowest BCUT2D eigenvalue weighted by molar-refractivity contribution is 0.0539. The minimum atomic E-state index is -1.29. The zero-order chi connectivity index (χ0) is 71.8. The lowest BCUT2D eigenvalue weighted by Gasteiger charge is -2.36. The molecule has 6 N–H and O–H groups in total. The van der Waals surface area contributed by atoms with E-state index in [0.717, 1.165) is 138 Å². The van der Waals surface area contributed by atoms with Crippen molar-refractivity contribution >= 4 is 45.6 Å². The summed E-state index contributed by atoms with van der Waals surface area (Å²) in [6, 6.07) is 45.8. The molecule has 4 aliphatic heterocycles. The van der Waals surface area contributed by atoms with E-state index in [1.807, 2.05) is 160 Å². The number of aryl methyl sites for hydroxylation is 2. The van der Waals surface area contributed by atoms with Crippen LogP contribution in [0.5, 0.6) is 0 Å². The van der Waals surface area contributed by atoms with E-state index in [1.165, 1.54) is 6.42 Å². The number of carbonyl (C=O) groups is 4. The summed E-state index contributed by atoms with van der Waals surface area (Å²) in [6.07, 6.45) is 12.1. The molecule has 0 radical (unpaired) electrons. The second kappa shape index (κ2) is 38.1. The van der Waals surface area contributed by atoms with Gasteiger partial charge in [-0.2, -0.15) is 10.2 Å².